The van der Waals surface area contributed by atoms with Crippen molar-refractivity contribution in [2.24, 2.45) is 0 Å². The number of benzene rings is 2. The summed E-state index contributed by atoms with van der Waals surface area (Å²) in [6, 6.07) is 8.34. The summed E-state index contributed by atoms with van der Waals surface area (Å²) in [5.74, 6) is 0.0478. The lowest BCUT2D eigenvalue weighted by Crippen LogP contribution is -2.03. The molecule has 2 rings (SSSR count). The van der Waals surface area contributed by atoms with Crippen LogP contribution in [0.25, 0.3) is 0 Å². The van der Waals surface area contributed by atoms with Gasteiger partial charge in [0.05, 0.1) is 12.0 Å². The molecule has 0 aliphatic carbocycles. The fraction of sp³-hybridized carbons (Fsp3) is 0.143. The Hall–Kier alpha value is -2.34. The van der Waals surface area contributed by atoms with Gasteiger partial charge in [0.1, 0.15) is 11.6 Å². The van der Waals surface area contributed by atoms with E-state index in [0.717, 1.165) is 0 Å². The minimum absolute atomic E-state index is 0.0372. The van der Waals surface area contributed by atoms with Crippen LogP contribution < -0.4 is 10.1 Å². The highest BCUT2D eigenvalue weighted by Crippen LogP contribution is 2.25. The van der Waals surface area contributed by atoms with Gasteiger partial charge in [-0.05, 0) is 24.3 Å². The molecule has 0 amide bonds. The summed E-state index contributed by atoms with van der Waals surface area (Å²) in [5.41, 5.74) is 1.03. The number of rotatable bonds is 5. The van der Waals surface area contributed by atoms with E-state index in [1.807, 2.05) is 0 Å². The first-order chi connectivity index (χ1) is 9.99. The lowest BCUT2D eigenvalue weighted by Gasteiger charge is -2.11. The van der Waals surface area contributed by atoms with Crippen LogP contribution in [0.15, 0.2) is 36.4 Å². The molecule has 0 fully saturated rings. The maximum absolute atomic E-state index is 13.2. The third kappa shape index (κ3) is 3.82. The van der Waals surface area contributed by atoms with Crippen molar-refractivity contribution < 1.29 is 14.1 Å². The van der Waals surface area contributed by atoms with Crippen molar-refractivity contribution in [3.63, 3.8) is 0 Å². The van der Waals surface area contributed by atoms with Crippen LogP contribution in [-0.4, -0.2) is 12.0 Å². The first-order valence-electron chi connectivity index (χ1n) is 6.01. The standard InChI is InChI=1S/C14H12ClFN2O3/c1-21-14-3-2-13(18(19)20)4-9(14)8-17-12-6-10(15)5-11(16)7-12/h2-7,17H,8H2,1H3. The Morgan fingerprint density at radius 1 is 1.33 bits per heavy atom. The predicted molar refractivity (Wildman–Crippen MR) is 78.4 cm³/mol. The summed E-state index contributed by atoms with van der Waals surface area (Å²) in [4.78, 5) is 10.3. The molecule has 5 nitrogen and oxygen atoms in total. The van der Waals surface area contributed by atoms with Crippen molar-refractivity contribution in [2.75, 3.05) is 12.4 Å². The van der Waals surface area contributed by atoms with Crippen LogP contribution >= 0.6 is 11.6 Å². The third-order valence-corrected chi connectivity index (χ3v) is 3.04. The summed E-state index contributed by atoms with van der Waals surface area (Å²) in [6.45, 7) is 0.241. The Bertz CT molecular complexity index is 659. The Morgan fingerprint density at radius 2 is 2.10 bits per heavy atom. The van der Waals surface area contributed by atoms with Crippen LogP contribution in [0.4, 0.5) is 15.8 Å². The Kier molecular flexibility index (Phi) is 4.59. The summed E-state index contributed by atoms with van der Waals surface area (Å²) in [5, 5.41) is 14.0. The molecule has 7 heteroatoms. The van der Waals surface area contributed by atoms with Gasteiger partial charge in [-0.3, -0.25) is 10.1 Å². The molecule has 0 unspecified atom stereocenters. The Labute approximate surface area is 125 Å². The van der Waals surface area contributed by atoms with Gasteiger partial charge in [0.25, 0.3) is 5.69 Å². The van der Waals surface area contributed by atoms with E-state index in [4.69, 9.17) is 16.3 Å². The fourth-order valence-electron chi connectivity index (χ4n) is 1.87. The molecule has 0 saturated carbocycles. The number of nitrogens with one attached hydrogen (secondary N) is 1. The van der Waals surface area contributed by atoms with E-state index in [-0.39, 0.29) is 17.3 Å². The number of anilines is 1. The topological polar surface area (TPSA) is 64.4 Å². The number of hydrogen-bond donors (Lipinski definition) is 1. The highest BCUT2D eigenvalue weighted by Gasteiger charge is 2.11. The summed E-state index contributed by atoms with van der Waals surface area (Å²) < 4.78 is 18.4. The first kappa shape index (κ1) is 15.1. The van der Waals surface area contributed by atoms with Gasteiger partial charge in [0, 0.05) is 35.0 Å². The molecule has 21 heavy (non-hydrogen) atoms. The monoisotopic (exact) mass is 310 g/mol. The quantitative estimate of drug-likeness (QED) is 0.669. The number of nitro benzene ring substituents is 1. The molecule has 0 spiro atoms. The van der Waals surface area contributed by atoms with Gasteiger partial charge < -0.3 is 10.1 Å². The number of ether oxygens (including phenoxy) is 1. The van der Waals surface area contributed by atoms with E-state index in [1.165, 1.54) is 37.4 Å². The molecule has 0 aliphatic heterocycles. The minimum atomic E-state index is -0.484. The lowest BCUT2D eigenvalue weighted by atomic mass is 10.1. The summed E-state index contributed by atoms with van der Waals surface area (Å²) in [6.07, 6.45) is 0. The zero-order valence-corrected chi connectivity index (χ0v) is 11.9. The number of nitrogens with zero attached hydrogens (tertiary/aromatic N) is 1. The van der Waals surface area contributed by atoms with Gasteiger partial charge in [-0.25, -0.2) is 4.39 Å². The van der Waals surface area contributed by atoms with E-state index in [1.54, 1.807) is 6.07 Å². The molecule has 110 valence electrons. The van der Waals surface area contributed by atoms with Crippen molar-refractivity contribution in [2.45, 2.75) is 6.54 Å². The number of nitro groups is 1. The number of non-ortho nitro benzene ring substituents is 1. The third-order valence-electron chi connectivity index (χ3n) is 2.82. The van der Waals surface area contributed by atoms with E-state index in [0.29, 0.717) is 17.0 Å². The number of halogens is 2. The second-order valence-corrected chi connectivity index (χ2v) is 4.70. The highest BCUT2D eigenvalue weighted by atomic mass is 35.5. The molecule has 0 aliphatic rings. The van der Waals surface area contributed by atoms with Crippen LogP contribution in [0.2, 0.25) is 5.02 Å². The second-order valence-electron chi connectivity index (χ2n) is 4.26. The van der Waals surface area contributed by atoms with Crippen LogP contribution in [0.3, 0.4) is 0 Å². The average Bonchev–Trinajstić information content (AvgIpc) is 2.43. The van der Waals surface area contributed by atoms with Gasteiger partial charge in [0.15, 0.2) is 0 Å². The van der Waals surface area contributed by atoms with Crippen molar-refractivity contribution in [1.29, 1.82) is 0 Å². The maximum atomic E-state index is 13.2. The van der Waals surface area contributed by atoms with Crippen molar-refractivity contribution >= 4 is 23.0 Å². The van der Waals surface area contributed by atoms with Gasteiger partial charge in [0.2, 0.25) is 0 Å². The van der Waals surface area contributed by atoms with Crippen LogP contribution in [0, 0.1) is 15.9 Å². The largest absolute Gasteiger partial charge is 0.496 e. The van der Waals surface area contributed by atoms with Crippen molar-refractivity contribution in [3.8, 4) is 5.75 Å². The van der Waals surface area contributed by atoms with Gasteiger partial charge in [-0.2, -0.15) is 0 Å². The van der Waals surface area contributed by atoms with E-state index in [2.05, 4.69) is 5.32 Å². The molecule has 0 atom stereocenters. The number of methoxy groups -OCH3 is 1. The summed E-state index contributed by atoms with van der Waals surface area (Å²) in [7, 11) is 1.48. The van der Waals surface area contributed by atoms with Crippen LogP contribution in [0.1, 0.15) is 5.56 Å². The van der Waals surface area contributed by atoms with Gasteiger partial charge in [-0.15, -0.1) is 0 Å². The van der Waals surface area contributed by atoms with E-state index < -0.39 is 10.7 Å². The Morgan fingerprint density at radius 3 is 2.71 bits per heavy atom. The number of hydrogen-bond acceptors (Lipinski definition) is 4. The van der Waals surface area contributed by atoms with Crippen molar-refractivity contribution in [3.05, 3.63) is 62.9 Å². The minimum Gasteiger partial charge on any atom is -0.496 e. The van der Waals surface area contributed by atoms with E-state index in [9.17, 15) is 14.5 Å². The molecular formula is C14H12ClFN2O3. The van der Waals surface area contributed by atoms with E-state index >= 15 is 0 Å². The van der Waals surface area contributed by atoms with Crippen LogP contribution in [0.5, 0.6) is 5.75 Å². The molecule has 0 heterocycles. The van der Waals surface area contributed by atoms with Crippen molar-refractivity contribution in [1.82, 2.24) is 0 Å². The molecular weight excluding hydrogens is 299 g/mol. The Balaban J connectivity index is 2.21. The molecule has 2 aromatic rings. The molecule has 2 aromatic carbocycles. The second kappa shape index (κ2) is 6.41. The zero-order chi connectivity index (χ0) is 15.4. The lowest BCUT2D eigenvalue weighted by molar-refractivity contribution is -0.384. The fourth-order valence-corrected chi connectivity index (χ4v) is 2.09. The van der Waals surface area contributed by atoms with Crippen LogP contribution in [-0.2, 0) is 6.54 Å². The molecule has 0 aromatic heterocycles. The highest BCUT2D eigenvalue weighted by molar-refractivity contribution is 6.30. The maximum Gasteiger partial charge on any atom is 0.270 e. The smallest absolute Gasteiger partial charge is 0.270 e. The SMILES string of the molecule is COc1ccc([N+](=O)[O-])cc1CNc1cc(F)cc(Cl)c1. The normalized spacial score (nSPS) is 10.2. The molecule has 0 saturated heterocycles. The average molecular weight is 311 g/mol. The van der Waals surface area contributed by atoms with Gasteiger partial charge >= 0.3 is 0 Å². The predicted octanol–water partition coefficient (Wildman–Crippen LogP) is 4.01. The molecule has 1 N–H and O–H groups in total. The molecule has 0 radical (unpaired) electrons. The first-order valence-corrected chi connectivity index (χ1v) is 6.38. The van der Waals surface area contributed by atoms with Gasteiger partial charge in [-0.1, -0.05) is 11.6 Å². The summed E-state index contributed by atoms with van der Waals surface area (Å²) >= 11 is 5.76. The molecule has 0 bridgehead atoms. The zero-order valence-electron chi connectivity index (χ0n) is 11.1.